The highest BCUT2D eigenvalue weighted by Crippen LogP contribution is 2.30. The summed E-state index contributed by atoms with van der Waals surface area (Å²) in [5.41, 5.74) is 3.59. The van der Waals surface area contributed by atoms with Gasteiger partial charge in [-0.3, -0.25) is 4.79 Å². The van der Waals surface area contributed by atoms with Crippen molar-refractivity contribution in [3.8, 4) is 0 Å². The lowest BCUT2D eigenvalue weighted by atomic mass is 9.97. The van der Waals surface area contributed by atoms with Crippen LogP contribution in [0.2, 0.25) is 0 Å². The van der Waals surface area contributed by atoms with Crippen molar-refractivity contribution in [1.29, 1.82) is 0 Å². The molecule has 0 aromatic heterocycles. The Hall–Kier alpha value is -2.73. The molecular formula is C22H24F2N2O2. The maximum Gasteiger partial charge on any atom is 0.244 e. The molecule has 2 aromatic carbocycles. The number of aliphatic hydroxyl groups is 1. The predicted octanol–water partition coefficient (Wildman–Crippen LogP) is 3.60. The smallest absolute Gasteiger partial charge is 0.244 e. The summed E-state index contributed by atoms with van der Waals surface area (Å²) in [5, 5.41) is 12.1. The summed E-state index contributed by atoms with van der Waals surface area (Å²) in [5.74, 6) is -1.72. The van der Waals surface area contributed by atoms with Gasteiger partial charge in [0.15, 0.2) is 0 Å². The van der Waals surface area contributed by atoms with E-state index in [4.69, 9.17) is 0 Å². The van der Waals surface area contributed by atoms with Gasteiger partial charge in [-0.15, -0.1) is 0 Å². The maximum atomic E-state index is 13.2. The number of halogens is 2. The zero-order valence-corrected chi connectivity index (χ0v) is 15.8. The number of benzene rings is 2. The van der Waals surface area contributed by atoms with Gasteiger partial charge in [0.2, 0.25) is 5.91 Å². The minimum absolute atomic E-state index is 0.0986. The predicted molar refractivity (Wildman–Crippen MR) is 106 cm³/mol. The van der Waals surface area contributed by atoms with E-state index in [1.165, 1.54) is 17.7 Å². The van der Waals surface area contributed by atoms with Crippen LogP contribution in [0.1, 0.15) is 36.1 Å². The summed E-state index contributed by atoms with van der Waals surface area (Å²) >= 11 is 0. The molecule has 0 bridgehead atoms. The minimum atomic E-state index is -0.685. The number of hydrogen-bond acceptors (Lipinski definition) is 3. The van der Waals surface area contributed by atoms with Gasteiger partial charge >= 0.3 is 0 Å². The van der Waals surface area contributed by atoms with Crippen LogP contribution in [0.15, 0.2) is 42.5 Å². The van der Waals surface area contributed by atoms with E-state index in [1.807, 2.05) is 13.0 Å². The first-order valence-corrected chi connectivity index (χ1v) is 9.39. The second-order valence-corrected chi connectivity index (χ2v) is 6.97. The molecule has 6 heteroatoms. The van der Waals surface area contributed by atoms with Gasteiger partial charge in [-0.2, -0.15) is 0 Å². The molecule has 1 amide bonds. The highest BCUT2D eigenvalue weighted by molar-refractivity contribution is 5.92. The molecule has 1 aliphatic heterocycles. The third-order valence-electron chi connectivity index (χ3n) is 4.86. The van der Waals surface area contributed by atoms with Crippen LogP contribution in [-0.2, 0) is 11.2 Å². The second kappa shape index (κ2) is 8.97. The standard InChI is InChI=1S/C22H24F2N2O2/c1-15(25-22(28)7-4-16-11-19(23)14-20(24)12-16)18-6-5-17-3-2-8-26(9-10-27)21(17)13-18/h4-7,11-15,27H,2-3,8-10H2,1H3,(H,25,28)/b7-4+. The number of nitrogens with zero attached hydrogens (tertiary/aromatic N) is 1. The molecule has 1 aliphatic rings. The number of aliphatic hydroxyl groups excluding tert-OH is 1. The number of β-amino-alcohol motifs (C(OH)–C–C–N with tert-alkyl or cyclic N) is 1. The average molecular weight is 386 g/mol. The van der Waals surface area contributed by atoms with Crippen LogP contribution in [0.5, 0.6) is 0 Å². The summed E-state index contributed by atoms with van der Waals surface area (Å²) in [7, 11) is 0. The first kappa shape index (κ1) is 20.0. The molecule has 1 heterocycles. The normalized spacial score (nSPS) is 14.8. The van der Waals surface area contributed by atoms with Gasteiger partial charge in [0.25, 0.3) is 0 Å². The van der Waals surface area contributed by atoms with Crippen LogP contribution in [-0.4, -0.2) is 30.7 Å². The molecule has 4 nitrogen and oxygen atoms in total. The van der Waals surface area contributed by atoms with E-state index in [0.717, 1.165) is 48.8 Å². The van der Waals surface area contributed by atoms with Crippen molar-refractivity contribution in [2.24, 2.45) is 0 Å². The molecule has 0 saturated carbocycles. The molecule has 0 saturated heterocycles. The fraction of sp³-hybridized carbons (Fsp3) is 0.318. The van der Waals surface area contributed by atoms with Crippen molar-refractivity contribution < 1.29 is 18.7 Å². The number of carbonyl (C=O) groups excluding carboxylic acids is 1. The number of rotatable bonds is 6. The molecular weight excluding hydrogens is 362 g/mol. The minimum Gasteiger partial charge on any atom is -0.395 e. The van der Waals surface area contributed by atoms with Crippen LogP contribution in [0.4, 0.5) is 14.5 Å². The topological polar surface area (TPSA) is 52.6 Å². The van der Waals surface area contributed by atoms with Crippen molar-refractivity contribution in [3.63, 3.8) is 0 Å². The molecule has 0 radical (unpaired) electrons. The van der Waals surface area contributed by atoms with E-state index in [9.17, 15) is 18.7 Å². The lowest BCUT2D eigenvalue weighted by Crippen LogP contribution is -2.32. The summed E-state index contributed by atoms with van der Waals surface area (Å²) in [6.07, 6.45) is 4.71. The first-order chi connectivity index (χ1) is 13.5. The van der Waals surface area contributed by atoms with Crippen LogP contribution in [0.25, 0.3) is 6.08 Å². The van der Waals surface area contributed by atoms with Gasteiger partial charge in [0.05, 0.1) is 12.6 Å². The van der Waals surface area contributed by atoms with Crippen molar-refractivity contribution in [2.45, 2.75) is 25.8 Å². The van der Waals surface area contributed by atoms with Gasteiger partial charge in [-0.1, -0.05) is 12.1 Å². The van der Waals surface area contributed by atoms with E-state index in [1.54, 1.807) is 0 Å². The number of fused-ring (bicyclic) bond motifs is 1. The SMILES string of the molecule is CC(NC(=O)/C=C/c1cc(F)cc(F)c1)c1ccc2c(c1)N(CCO)CCC2. The molecule has 0 aliphatic carbocycles. The lowest BCUT2D eigenvalue weighted by Gasteiger charge is -2.31. The molecule has 2 aromatic rings. The van der Waals surface area contributed by atoms with E-state index in [2.05, 4.69) is 22.3 Å². The van der Waals surface area contributed by atoms with Crippen LogP contribution in [0, 0.1) is 11.6 Å². The fourth-order valence-electron chi connectivity index (χ4n) is 3.48. The largest absolute Gasteiger partial charge is 0.395 e. The van der Waals surface area contributed by atoms with Crippen molar-refractivity contribution in [1.82, 2.24) is 5.32 Å². The Morgan fingerprint density at radius 1 is 1.25 bits per heavy atom. The molecule has 3 rings (SSSR count). The summed E-state index contributed by atoms with van der Waals surface area (Å²) < 4.78 is 26.4. The zero-order valence-electron chi connectivity index (χ0n) is 15.8. The average Bonchev–Trinajstić information content (AvgIpc) is 2.66. The first-order valence-electron chi connectivity index (χ1n) is 9.39. The van der Waals surface area contributed by atoms with Crippen molar-refractivity contribution >= 4 is 17.7 Å². The highest BCUT2D eigenvalue weighted by Gasteiger charge is 2.18. The van der Waals surface area contributed by atoms with Gasteiger partial charge in [0.1, 0.15) is 11.6 Å². The summed E-state index contributed by atoms with van der Waals surface area (Å²) in [6, 6.07) is 9.01. The third-order valence-corrected chi connectivity index (χ3v) is 4.86. The third kappa shape index (κ3) is 4.95. The second-order valence-electron chi connectivity index (χ2n) is 6.97. The molecule has 148 valence electrons. The van der Waals surface area contributed by atoms with E-state index in [-0.39, 0.29) is 24.1 Å². The van der Waals surface area contributed by atoms with Gasteiger partial charge in [-0.05, 0) is 60.7 Å². The van der Waals surface area contributed by atoms with Gasteiger partial charge in [0, 0.05) is 30.9 Å². The summed E-state index contributed by atoms with van der Waals surface area (Å²) in [6.45, 7) is 3.48. The number of nitrogens with one attached hydrogen (secondary N) is 1. The van der Waals surface area contributed by atoms with Crippen LogP contribution >= 0.6 is 0 Å². The molecule has 28 heavy (non-hydrogen) atoms. The number of anilines is 1. The Bertz CT molecular complexity index is 863. The molecule has 1 unspecified atom stereocenters. The highest BCUT2D eigenvalue weighted by atomic mass is 19.1. The van der Waals surface area contributed by atoms with Crippen LogP contribution in [0.3, 0.4) is 0 Å². The molecule has 2 N–H and O–H groups in total. The van der Waals surface area contributed by atoms with Crippen molar-refractivity contribution in [2.75, 3.05) is 24.6 Å². The van der Waals surface area contributed by atoms with Gasteiger partial charge in [-0.25, -0.2) is 8.78 Å². The Balaban J connectivity index is 1.68. The number of hydrogen-bond donors (Lipinski definition) is 2. The Morgan fingerprint density at radius 3 is 2.71 bits per heavy atom. The fourth-order valence-corrected chi connectivity index (χ4v) is 3.48. The van der Waals surface area contributed by atoms with E-state index in [0.29, 0.717) is 6.54 Å². The maximum absolute atomic E-state index is 13.2. The van der Waals surface area contributed by atoms with Gasteiger partial charge < -0.3 is 15.3 Å². The number of amides is 1. The molecule has 1 atom stereocenters. The molecule has 0 spiro atoms. The van der Waals surface area contributed by atoms with Crippen LogP contribution < -0.4 is 10.2 Å². The Morgan fingerprint density at radius 2 is 2.00 bits per heavy atom. The monoisotopic (exact) mass is 386 g/mol. The molecule has 0 fully saturated rings. The van der Waals surface area contributed by atoms with E-state index < -0.39 is 11.6 Å². The zero-order chi connectivity index (χ0) is 20.1. The summed E-state index contributed by atoms with van der Waals surface area (Å²) in [4.78, 5) is 14.4. The number of carbonyl (C=O) groups is 1. The number of aryl methyl sites for hydroxylation is 1. The Kier molecular flexibility index (Phi) is 6.41. The van der Waals surface area contributed by atoms with Crippen molar-refractivity contribution in [3.05, 3.63) is 70.8 Å². The van der Waals surface area contributed by atoms with E-state index >= 15 is 0 Å². The lowest BCUT2D eigenvalue weighted by molar-refractivity contribution is -0.117. The Labute approximate surface area is 163 Å². The quantitative estimate of drug-likeness (QED) is 0.746.